The second-order valence-corrected chi connectivity index (χ2v) is 6.93. The molecule has 0 aliphatic rings. The van der Waals surface area contributed by atoms with Gasteiger partial charge >= 0.3 is 0 Å². The van der Waals surface area contributed by atoms with Crippen molar-refractivity contribution in [2.24, 2.45) is 0 Å². The van der Waals surface area contributed by atoms with Crippen molar-refractivity contribution in [2.75, 3.05) is 6.54 Å². The maximum absolute atomic E-state index is 4.69. The minimum Gasteiger partial charge on any atom is -0.310 e. The summed E-state index contributed by atoms with van der Waals surface area (Å²) >= 11 is 1.81. The Morgan fingerprint density at radius 2 is 1.76 bits per heavy atom. The van der Waals surface area contributed by atoms with Crippen LogP contribution in [0.2, 0.25) is 0 Å². The molecule has 1 N–H and O–H groups in total. The Bertz CT molecular complexity index is 564. The first-order valence-electron chi connectivity index (χ1n) is 7.61. The lowest BCUT2D eigenvalue weighted by molar-refractivity contribution is 0.527. The fourth-order valence-corrected chi connectivity index (χ4v) is 3.47. The maximum Gasteiger partial charge on any atom is 0.0949 e. The Hall–Kier alpha value is -1.26. The molecule has 0 aliphatic heterocycles. The van der Waals surface area contributed by atoms with E-state index < -0.39 is 0 Å². The zero-order valence-electron chi connectivity index (χ0n) is 13.7. The van der Waals surface area contributed by atoms with E-state index in [0.29, 0.717) is 6.04 Å². The number of hydrogen-bond acceptors (Lipinski definition) is 4. The van der Waals surface area contributed by atoms with Gasteiger partial charge < -0.3 is 5.32 Å². The van der Waals surface area contributed by atoms with Crippen molar-refractivity contribution in [3.8, 4) is 0 Å². The van der Waals surface area contributed by atoms with Crippen molar-refractivity contribution >= 4 is 11.3 Å². The van der Waals surface area contributed by atoms with Gasteiger partial charge in [0.25, 0.3) is 0 Å². The van der Waals surface area contributed by atoms with E-state index in [1.165, 1.54) is 15.4 Å². The molecule has 0 fully saturated rings. The summed E-state index contributed by atoms with van der Waals surface area (Å²) in [5, 5.41) is 4.87. The quantitative estimate of drug-likeness (QED) is 0.874. The van der Waals surface area contributed by atoms with E-state index in [9.17, 15) is 0 Å². The van der Waals surface area contributed by atoms with Crippen LogP contribution in [0.3, 0.4) is 0 Å². The van der Waals surface area contributed by atoms with Gasteiger partial charge in [-0.05, 0) is 58.4 Å². The summed E-state index contributed by atoms with van der Waals surface area (Å²) < 4.78 is 0. The third-order valence-electron chi connectivity index (χ3n) is 3.60. The molecule has 3 nitrogen and oxygen atoms in total. The summed E-state index contributed by atoms with van der Waals surface area (Å²) in [6, 6.07) is 4.69. The number of thiazole rings is 1. The lowest BCUT2D eigenvalue weighted by atomic mass is 10.0. The average molecular weight is 303 g/mol. The summed E-state index contributed by atoms with van der Waals surface area (Å²) in [5.41, 5.74) is 4.64. The second-order valence-electron chi connectivity index (χ2n) is 5.64. The molecule has 0 aliphatic carbocycles. The van der Waals surface area contributed by atoms with Crippen LogP contribution in [-0.2, 0) is 6.42 Å². The predicted molar refractivity (Wildman–Crippen MR) is 90.0 cm³/mol. The first kappa shape index (κ1) is 16.1. The smallest absolute Gasteiger partial charge is 0.0949 e. The van der Waals surface area contributed by atoms with Crippen LogP contribution in [0.4, 0.5) is 0 Å². The molecule has 2 aromatic heterocycles. The van der Waals surface area contributed by atoms with Crippen molar-refractivity contribution in [3.05, 3.63) is 44.7 Å². The van der Waals surface area contributed by atoms with Gasteiger partial charge in [0, 0.05) is 28.7 Å². The van der Waals surface area contributed by atoms with Gasteiger partial charge in [-0.15, -0.1) is 11.3 Å². The summed E-state index contributed by atoms with van der Waals surface area (Å²) in [6.07, 6.45) is 2.08. The molecular weight excluding hydrogens is 278 g/mol. The molecule has 21 heavy (non-hydrogen) atoms. The molecule has 0 aromatic carbocycles. The van der Waals surface area contributed by atoms with Gasteiger partial charge in [0.05, 0.1) is 10.7 Å². The Morgan fingerprint density at radius 1 is 1.10 bits per heavy atom. The number of pyridine rings is 1. The van der Waals surface area contributed by atoms with Gasteiger partial charge in [-0.3, -0.25) is 4.98 Å². The molecule has 1 unspecified atom stereocenters. The first-order chi connectivity index (χ1) is 9.99. The maximum atomic E-state index is 4.69. The molecule has 0 saturated heterocycles. The standard InChI is InChI=1S/C17H25N3S/c1-6-7-18-16(10-17-20-13(4)14(5)21-17)15-8-11(2)19-12(3)9-15/h8-9,16,18H,6-7,10H2,1-5H3. The zero-order valence-corrected chi connectivity index (χ0v) is 14.5. The molecule has 0 amide bonds. The Kier molecular flexibility index (Phi) is 5.48. The number of aryl methyl sites for hydroxylation is 4. The second kappa shape index (κ2) is 7.14. The SMILES string of the molecule is CCCNC(Cc1nc(C)c(C)s1)c1cc(C)nc(C)c1. The van der Waals surface area contributed by atoms with Gasteiger partial charge in [0.1, 0.15) is 0 Å². The van der Waals surface area contributed by atoms with Crippen molar-refractivity contribution in [3.63, 3.8) is 0 Å². The molecule has 0 radical (unpaired) electrons. The number of aromatic nitrogens is 2. The minimum atomic E-state index is 0.315. The van der Waals surface area contributed by atoms with Crippen molar-refractivity contribution in [1.29, 1.82) is 0 Å². The fraction of sp³-hybridized carbons (Fsp3) is 0.529. The number of nitrogens with one attached hydrogen (secondary N) is 1. The van der Waals surface area contributed by atoms with Crippen molar-refractivity contribution in [1.82, 2.24) is 15.3 Å². The van der Waals surface area contributed by atoms with Crippen LogP contribution < -0.4 is 5.32 Å². The van der Waals surface area contributed by atoms with E-state index in [-0.39, 0.29) is 0 Å². The minimum absolute atomic E-state index is 0.315. The monoisotopic (exact) mass is 303 g/mol. The van der Waals surface area contributed by atoms with Crippen LogP contribution in [0.15, 0.2) is 12.1 Å². The number of hydrogen-bond donors (Lipinski definition) is 1. The van der Waals surface area contributed by atoms with E-state index >= 15 is 0 Å². The molecule has 4 heteroatoms. The predicted octanol–water partition coefficient (Wildman–Crippen LogP) is 4.06. The third-order valence-corrected chi connectivity index (χ3v) is 4.69. The molecule has 0 spiro atoms. The highest BCUT2D eigenvalue weighted by Crippen LogP contribution is 2.24. The van der Waals surface area contributed by atoms with E-state index in [1.807, 2.05) is 11.3 Å². The number of nitrogens with zero attached hydrogens (tertiary/aromatic N) is 2. The van der Waals surface area contributed by atoms with Crippen molar-refractivity contribution in [2.45, 2.75) is 53.5 Å². The van der Waals surface area contributed by atoms with E-state index in [2.05, 4.69) is 57.1 Å². The number of rotatable bonds is 6. The molecule has 2 heterocycles. The summed E-state index contributed by atoms with van der Waals surface area (Å²) in [4.78, 5) is 10.5. The normalized spacial score (nSPS) is 12.6. The summed E-state index contributed by atoms with van der Waals surface area (Å²) in [7, 11) is 0. The van der Waals surface area contributed by atoms with Crippen molar-refractivity contribution < 1.29 is 0 Å². The van der Waals surface area contributed by atoms with Crippen LogP contribution in [0.1, 0.15) is 51.9 Å². The summed E-state index contributed by atoms with van der Waals surface area (Å²) in [6.45, 7) is 11.6. The Balaban J connectivity index is 2.24. The zero-order chi connectivity index (χ0) is 15.4. The highest BCUT2D eigenvalue weighted by atomic mass is 32.1. The van der Waals surface area contributed by atoms with Crippen LogP contribution in [-0.4, -0.2) is 16.5 Å². The van der Waals surface area contributed by atoms with E-state index in [1.54, 1.807) is 0 Å². The molecule has 1 atom stereocenters. The van der Waals surface area contributed by atoms with Gasteiger partial charge in [-0.1, -0.05) is 6.92 Å². The van der Waals surface area contributed by atoms with E-state index in [4.69, 9.17) is 4.98 Å². The van der Waals surface area contributed by atoms with Crippen LogP contribution in [0.5, 0.6) is 0 Å². The van der Waals surface area contributed by atoms with Gasteiger partial charge in [0.15, 0.2) is 0 Å². The molecular formula is C17H25N3S. The highest BCUT2D eigenvalue weighted by molar-refractivity contribution is 7.11. The fourth-order valence-electron chi connectivity index (χ4n) is 2.50. The lowest BCUT2D eigenvalue weighted by Crippen LogP contribution is -2.24. The summed E-state index contributed by atoms with van der Waals surface area (Å²) in [5.74, 6) is 0. The van der Waals surface area contributed by atoms with Gasteiger partial charge in [-0.25, -0.2) is 4.98 Å². The average Bonchev–Trinajstić information content (AvgIpc) is 2.72. The lowest BCUT2D eigenvalue weighted by Gasteiger charge is -2.19. The molecule has 0 bridgehead atoms. The topological polar surface area (TPSA) is 37.8 Å². The van der Waals surface area contributed by atoms with Gasteiger partial charge in [-0.2, -0.15) is 0 Å². The van der Waals surface area contributed by atoms with Crippen LogP contribution in [0, 0.1) is 27.7 Å². The first-order valence-corrected chi connectivity index (χ1v) is 8.42. The third kappa shape index (κ3) is 4.35. The molecule has 2 aromatic rings. The molecule has 0 saturated carbocycles. The van der Waals surface area contributed by atoms with E-state index in [0.717, 1.165) is 36.5 Å². The largest absolute Gasteiger partial charge is 0.310 e. The Labute approximate surface area is 131 Å². The molecule has 2 rings (SSSR count). The highest BCUT2D eigenvalue weighted by Gasteiger charge is 2.15. The Morgan fingerprint density at radius 3 is 2.29 bits per heavy atom. The van der Waals surface area contributed by atoms with Gasteiger partial charge in [0.2, 0.25) is 0 Å². The molecule has 114 valence electrons. The van der Waals surface area contributed by atoms with Crippen LogP contribution in [0.25, 0.3) is 0 Å². The van der Waals surface area contributed by atoms with Crippen LogP contribution >= 0.6 is 11.3 Å².